The molecular formula is C14H17NO6S. The van der Waals surface area contributed by atoms with Gasteiger partial charge in [0.2, 0.25) is 10.0 Å². The summed E-state index contributed by atoms with van der Waals surface area (Å²) in [6.45, 7) is 1.02. The normalized spacial score (nSPS) is 24.2. The molecule has 0 unspecified atom stereocenters. The minimum atomic E-state index is -3.69. The van der Waals surface area contributed by atoms with Gasteiger partial charge < -0.3 is 14.6 Å². The molecule has 1 saturated carbocycles. The number of fused-ring (bicyclic) bond motifs is 1. The Morgan fingerprint density at radius 1 is 1.18 bits per heavy atom. The van der Waals surface area contributed by atoms with Crippen LogP contribution in [0.4, 0.5) is 0 Å². The summed E-state index contributed by atoms with van der Waals surface area (Å²) in [5.74, 6) is -0.397. The molecule has 0 saturated heterocycles. The molecule has 0 bridgehead atoms. The average Bonchev–Trinajstić information content (AvgIpc) is 2.66. The molecule has 8 heteroatoms. The standard InChI is InChI=1S/C14H17NO6S/c16-14(17)9-6-10(7-9)15-22(18,19)11-2-3-12-13(8-11)21-5-1-4-20-12/h2-3,8-10,15H,1,4-7H2,(H,16,17). The lowest BCUT2D eigenvalue weighted by Gasteiger charge is -2.32. The van der Waals surface area contributed by atoms with Crippen molar-refractivity contribution in [1.29, 1.82) is 0 Å². The average molecular weight is 327 g/mol. The first-order chi connectivity index (χ1) is 10.5. The number of hydrogen-bond donors (Lipinski definition) is 2. The van der Waals surface area contributed by atoms with E-state index in [-0.39, 0.29) is 10.9 Å². The van der Waals surface area contributed by atoms with Crippen LogP contribution in [0.25, 0.3) is 0 Å². The second-order valence-electron chi connectivity index (χ2n) is 5.48. The van der Waals surface area contributed by atoms with E-state index in [4.69, 9.17) is 14.6 Å². The molecule has 1 aromatic carbocycles. The van der Waals surface area contributed by atoms with Crippen LogP contribution in [0, 0.1) is 5.92 Å². The zero-order valence-corrected chi connectivity index (χ0v) is 12.6. The van der Waals surface area contributed by atoms with E-state index in [0.29, 0.717) is 37.6 Å². The molecule has 0 radical (unpaired) electrons. The second-order valence-corrected chi connectivity index (χ2v) is 7.20. The molecule has 7 nitrogen and oxygen atoms in total. The fourth-order valence-electron chi connectivity index (χ4n) is 2.51. The number of nitrogens with one attached hydrogen (secondary N) is 1. The van der Waals surface area contributed by atoms with Crippen molar-refractivity contribution in [2.24, 2.45) is 5.92 Å². The summed E-state index contributed by atoms with van der Waals surface area (Å²) in [7, 11) is -3.69. The molecule has 0 spiro atoms. The highest BCUT2D eigenvalue weighted by molar-refractivity contribution is 7.89. The number of hydrogen-bond acceptors (Lipinski definition) is 5. The first kappa shape index (κ1) is 15.1. The summed E-state index contributed by atoms with van der Waals surface area (Å²) in [5.41, 5.74) is 0. The number of carboxylic acid groups (broad SMARTS) is 1. The van der Waals surface area contributed by atoms with Crippen molar-refractivity contribution in [2.45, 2.75) is 30.2 Å². The van der Waals surface area contributed by atoms with Crippen molar-refractivity contribution >= 4 is 16.0 Å². The highest BCUT2D eigenvalue weighted by Gasteiger charge is 2.37. The van der Waals surface area contributed by atoms with E-state index >= 15 is 0 Å². The van der Waals surface area contributed by atoms with Crippen molar-refractivity contribution in [3.8, 4) is 11.5 Å². The Labute approximate surface area is 128 Å². The van der Waals surface area contributed by atoms with Crippen molar-refractivity contribution in [1.82, 2.24) is 4.72 Å². The molecule has 1 aliphatic carbocycles. The summed E-state index contributed by atoms with van der Waals surface area (Å²) in [4.78, 5) is 10.8. The number of rotatable bonds is 4. The van der Waals surface area contributed by atoms with Gasteiger partial charge in [0.1, 0.15) is 0 Å². The Morgan fingerprint density at radius 2 is 1.86 bits per heavy atom. The van der Waals surface area contributed by atoms with Gasteiger partial charge in [-0.25, -0.2) is 13.1 Å². The Hall–Kier alpha value is -1.80. The van der Waals surface area contributed by atoms with Crippen LogP contribution >= 0.6 is 0 Å². The zero-order valence-electron chi connectivity index (χ0n) is 11.8. The van der Waals surface area contributed by atoms with Gasteiger partial charge >= 0.3 is 5.97 Å². The van der Waals surface area contributed by atoms with Crippen LogP contribution in [0.15, 0.2) is 23.1 Å². The lowest BCUT2D eigenvalue weighted by Crippen LogP contribution is -2.46. The molecule has 1 aromatic rings. The molecule has 3 rings (SSSR count). The monoisotopic (exact) mass is 327 g/mol. The summed E-state index contributed by atoms with van der Waals surface area (Å²) in [6.07, 6.45) is 1.38. The van der Waals surface area contributed by atoms with Gasteiger partial charge in [-0.1, -0.05) is 0 Å². The number of aliphatic carboxylic acids is 1. The molecule has 0 aromatic heterocycles. The van der Waals surface area contributed by atoms with Crippen LogP contribution in [0.1, 0.15) is 19.3 Å². The minimum Gasteiger partial charge on any atom is -0.490 e. The minimum absolute atomic E-state index is 0.0931. The van der Waals surface area contributed by atoms with Gasteiger partial charge in [-0.05, 0) is 25.0 Å². The maximum Gasteiger partial charge on any atom is 0.306 e. The quantitative estimate of drug-likeness (QED) is 0.855. The molecule has 22 heavy (non-hydrogen) atoms. The van der Waals surface area contributed by atoms with Crippen molar-refractivity contribution in [3.63, 3.8) is 0 Å². The Bertz CT molecular complexity index is 681. The van der Waals surface area contributed by atoms with E-state index in [1.807, 2.05) is 0 Å². The van der Waals surface area contributed by atoms with E-state index in [9.17, 15) is 13.2 Å². The van der Waals surface area contributed by atoms with Crippen LogP contribution in [-0.4, -0.2) is 38.7 Å². The maximum atomic E-state index is 12.3. The molecule has 2 aliphatic rings. The predicted molar refractivity (Wildman–Crippen MR) is 76.5 cm³/mol. The fourth-order valence-corrected chi connectivity index (χ4v) is 3.79. The van der Waals surface area contributed by atoms with E-state index in [1.165, 1.54) is 12.1 Å². The molecule has 0 atom stereocenters. The summed E-state index contributed by atoms with van der Waals surface area (Å²) >= 11 is 0. The zero-order chi connectivity index (χ0) is 15.7. The van der Waals surface area contributed by atoms with Crippen molar-refractivity contribution in [2.75, 3.05) is 13.2 Å². The lowest BCUT2D eigenvalue weighted by atomic mass is 9.81. The van der Waals surface area contributed by atoms with Gasteiger partial charge in [0.25, 0.3) is 0 Å². The third kappa shape index (κ3) is 3.02. The van der Waals surface area contributed by atoms with Crippen LogP contribution in [-0.2, 0) is 14.8 Å². The van der Waals surface area contributed by atoms with Crippen LogP contribution in [0.3, 0.4) is 0 Å². The third-order valence-corrected chi connectivity index (χ3v) is 5.36. The van der Waals surface area contributed by atoms with Gasteiger partial charge in [-0.15, -0.1) is 0 Å². The first-order valence-corrected chi connectivity index (χ1v) is 8.59. The largest absolute Gasteiger partial charge is 0.490 e. The van der Waals surface area contributed by atoms with Crippen LogP contribution < -0.4 is 14.2 Å². The Kier molecular flexibility index (Phi) is 3.96. The number of ether oxygens (including phenoxy) is 2. The SMILES string of the molecule is O=C(O)C1CC(NS(=O)(=O)c2ccc3c(c2)OCCCO3)C1. The van der Waals surface area contributed by atoms with E-state index < -0.39 is 21.9 Å². The van der Waals surface area contributed by atoms with Crippen LogP contribution in [0.5, 0.6) is 11.5 Å². The van der Waals surface area contributed by atoms with Gasteiger partial charge in [-0.2, -0.15) is 0 Å². The Balaban J connectivity index is 1.73. The molecule has 2 N–H and O–H groups in total. The Morgan fingerprint density at radius 3 is 2.55 bits per heavy atom. The second kappa shape index (κ2) is 5.77. The first-order valence-electron chi connectivity index (χ1n) is 7.10. The summed E-state index contributed by atoms with van der Waals surface area (Å²) < 4.78 is 38.1. The van der Waals surface area contributed by atoms with E-state index in [0.717, 1.165) is 6.42 Å². The highest BCUT2D eigenvalue weighted by Crippen LogP contribution is 2.33. The highest BCUT2D eigenvalue weighted by atomic mass is 32.2. The van der Waals surface area contributed by atoms with Gasteiger partial charge in [-0.3, -0.25) is 4.79 Å². The molecule has 0 amide bonds. The van der Waals surface area contributed by atoms with Gasteiger partial charge in [0.15, 0.2) is 11.5 Å². The fraction of sp³-hybridized carbons (Fsp3) is 0.500. The maximum absolute atomic E-state index is 12.3. The number of carbonyl (C=O) groups is 1. The number of sulfonamides is 1. The number of carboxylic acids is 1. The number of benzene rings is 1. The molecule has 1 aliphatic heterocycles. The van der Waals surface area contributed by atoms with Gasteiger partial charge in [0.05, 0.1) is 24.0 Å². The predicted octanol–water partition coefficient (Wildman–Crippen LogP) is 0.989. The summed E-state index contributed by atoms with van der Waals surface area (Å²) in [6, 6.07) is 4.15. The van der Waals surface area contributed by atoms with Gasteiger partial charge in [0, 0.05) is 18.5 Å². The topological polar surface area (TPSA) is 102 Å². The molecular weight excluding hydrogens is 310 g/mol. The summed E-state index contributed by atoms with van der Waals surface area (Å²) in [5, 5.41) is 8.82. The lowest BCUT2D eigenvalue weighted by molar-refractivity contribution is -0.145. The third-order valence-electron chi connectivity index (χ3n) is 3.84. The van der Waals surface area contributed by atoms with E-state index in [1.54, 1.807) is 6.07 Å². The van der Waals surface area contributed by atoms with Crippen LogP contribution in [0.2, 0.25) is 0 Å². The van der Waals surface area contributed by atoms with E-state index in [2.05, 4.69) is 4.72 Å². The smallest absolute Gasteiger partial charge is 0.306 e. The molecule has 1 fully saturated rings. The molecule has 1 heterocycles. The van der Waals surface area contributed by atoms with Crippen molar-refractivity contribution < 1.29 is 27.8 Å². The van der Waals surface area contributed by atoms with Crippen molar-refractivity contribution in [3.05, 3.63) is 18.2 Å². The molecule has 120 valence electrons.